The predicted molar refractivity (Wildman–Crippen MR) is 58.2 cm³/mol. The van der Waals surface area contributed by atoms with Crippen LogP contribution in [-0.4, -0.2) is 15.5 Å². The van der Waals surface area contributed by atoms with Crippen LogP contribution in [0.1, 0.15) is 17.3 Å². The van der Waals surface area contributed by atoms with Crippen molar-refractivity contribution >= 4 is 29.2 Å². The van der Waals surface area contributed by atoms with Crippen LogP contribution in [0, 0.1) is 11.7 Å². The van der Waals surface area contributed by atoms with Crippen molar-refractivity contribution in [3.63, 3.8) is 0 Å². The summed E-state index contributed by atoms with van der Waals surface area (Å²) in [6.45, 7) is 3.50. The van der Waals surface area contributed by atoms with E-state index in [4.69, 9.17) is 12.2 Å². The summed E-state index contributed by atoms with van der Waals surface area (Å²) < 4.78 is 1.96. The van der Waals surface area contributed by atoms with Crippen molar-refractivity contribution in [3.05, 3.63) is 28.5 Å². The zero-order valence-electron chi connectivity index (χ0n) is 8.00. The highest BCUT2D eigenvalue weighted by atomic mass is 32.1. The van der Waals surface area contributed by atoms with Gasteiger partial charge in [-0.3, -0.25) is 9.36 Å². The first kappa shape index (κ1) is 9.15. The third-order valence-corrected chi connectivity index (χ3v) is 2.44. The second-order valence-electron chi connectivity index (χ2n) is 3.31. The molecule has 0 radical (unpaired) electrons. The molecule has 1 N–H and O–H groups in total. The van der Waals surface area contributed by atoms with E-state index in [9.17, 15) is 4.79 Å². The minimum atomic E-state index is -0.0647. The Hall–Kier alpha value is -1.42. The summed E-state index contributed by atoms with van der Waals surface area (Å²) in [7, 11) is 0. The maximum atomic E-state index is 11.3. The van der Waals surface area contributed by atoms with Gasteiger partial charge in [0.05, 0.1) is 11.0 Å². The van der Waals surface area contributed by atoms with Gasteiger partial charge in [-0.1, -0.05) is 6.07 Å². The molecule has 0 bridgehead atoms. The minimum absolute atomic E-state index is 0.0647. The first-order valence-corrected chi connectivity index (χ1v) is 4.73. The normalized spacial score (nSPS) is 10.7. The van der Waals surface area contributed by atoms with Crippen molar-refractivity contribution in [1.29, 1.82) is 0 Å². The number of carbonyl (C=O) groups is 1. The van der Waals surface area contributed by atoms with E-state index in [-0.39, 0.29) is 5.91 Å². The second-order valence-corrected chi connectivity index (χ2v) is 3.69. The van der Waals surface area contributed by atoms with Crippen LogP contribution in [0.25, 0.3) is 11.0 Å². The third kappa shape index (κ3) is 1.28. The number of rotatable bonds is 0. The molecule has 0 saturated carbocycles. The van der Waals surface area contributed by atoms with Gasteiger partial charge < -0.3 is 4.98 Å². The maximum Gasteiger partial charge on any atom is 0.230 e. The fourth-order valence-corrected chi connectivity index (χ4v) is 1.87. The van der Waals surface area contributed by atoms with Gasteiger partial charge in [-0.15, -0.1) is 0 Å². The third-order valence-electron chi connectivity index (χ3n) is 2.15. The summed E-state index contributed by atoms with van der Waals surface area (Å²) in [5.41, 5.74) is 2.89. The highest BCUT2D eigenvalue weighted by molar-refractivity contribution is 7.71. The second kappa shape index (κ2) is 3.06. The number of aromatic amines is 1. The molecule has 0 aliphatic heterocycles. The summed E-state index contributed by atoms with van der Waals surface area (Å²) in [6, 6.07) is 5.84. The standard InChI is InChI=1S/C10H10N2OS/c1-6-3-4-9-8(5-6)11-10(14)12(9)7(2)13/h3-5H,1-2H3,(H,11,14). The van der Waals surface area contributed by atoms with Crippen LogP contribution in [0.5, 0.6) is 0 Å². The Balaban J connectivity index is 2.91. The molecule has 0 aliphatic rings. The molecule has 1 aromatic heterocycles. The van der Waals surface area contributed by atoms with Gasteiger partial charge in [0.25, 0.3) is 0 Å². The fourth-order valence-electron chi connectivity index (χ4n) is 1.54. The van der Waals surface area contributed by atoms with Crippen molar-refractivity contribution in [2.75, 3.05) is 0 Å². The van der Waals surface area contributed by atoms with E-state index in [1.807, 2.05) is 25.1 Å². The van der Waals surface area contributed by atoms with Gasteiger partial charge in [0.1, 0.15) is 0 Å². The number of nitrogens with zero attached hydrogens (tertiary/aromatic N) is 1. The quantitative estimate of drug-likeness (QED) is 0.673. The van der Waals surface area contributed by atoms with Gasteiger partial charge in [-0.2, -0.15) is 0 Å². The monoisotopic (exact) mass is 206 g/mol. The van der Waals surface area contributed by atoms with Crippen LogP contribution in [-0.2, 0) is 0 Å². The lowest BCUT2D eigenvalue weighted by atomic mass is 10.2. The Labute approximate surface area is 86.4 Å². The molecule has 1 heterocycles. The molecule has 72 valence electrons. The van der Waals surface area contributed by atoms with Crippen LogP contribution in [0.15, 0.2) is 18.2 Å². The molecule has 0 atom stereocenters. The van der Waals surface area contributed by atoms with Crippen molar-refractivity contribution in [2.24, 2.45) is 0 Å². The Morgan fingerprint density at radius 1 is 1.50 bits per heavy atom. The van der Waals surface area contributed by atoms with Gasteiger partial charge in [0, 0.05) is 6.92 Å². The van der Waals surface area contributed by atoms with E-state index < -0.39 is 0 Å². The molecule has 0 spiro atoms. The van der Waals surface area contributed by atoms with Crippen molar-refractivity contribution in [3.8, 4) is 0 Å². The molecule has 2 rings (SSSR count). The number of fused-ring (bicyclic) bond motifs is 1. The Kier molecular flexibility index (Phi) is 2.00. The zero-order valence-corrected chi connectivity index (χ0v) is 8.81. The highest BCUT2D eigenvalue weighted by Gasteiger charge is 2.06. The number of benzene rings is 1. The summed E-state index contributed by atoms with van der Waals surface area (Å²) in [5, 5.41) is 0. The zero-order chi connectivity index (χ0) is 10.3. The number of aromatic nitrogens is 2. The van der Waals surface area contributed by atoms with Crippen LogP contribution < -0.4 is 0 Å². The Bertz CT molecular complexity index is 565. The summed E-state index contributed by atoms with van der Waals surface area (Å²) >= 11 is 5.06. The Morgan fingerprint density at radius 3 is 2.86 bits per heavy atom. The first-order valence-electron chi connectivity index (χ1n) is 4.32. The number of hydrogen-bond acceptors (Lipinski definition) is 2. The van der Waals surface area contributed by atoms with Crippen molar-refractivity contribution < 1.29 is 4.79 Å². The molecular weight excluding hydrogens is 196 g/mol. The minimum Gasteiger partial charge on any atom is -0.330 e. The van der Waals surface area contributed by atoms with Crippen molar-refractivity contribution in [2.45, 2.75) is 13.8 Å². The number of nitrogens with one attached hydrogen (secondary N) is 1. The van der Waals surface area contributed by atoms with Gasteiger partial charge in [0.2, 0.25) is 5.91 Å². The molecule has 0 saturated heterocycles. The van der Waals surface area contributed by atoms with E-state index >= 15 is 0 Å². The van der Waals surface area contributed by atoms with Gasteiger partial charge in [0.15, 0.2) is 4.77 Å². The van der Waals surface area contributed by atoms with Crippen LogP contribution >= 0.6 is 12.2 Å². The van der Waals surface area contributed by atoms with Crippen LogP contribution in [0.4, 0.5) is 0 Å². The molecule has 0 unspecified atom stereocenters. The SMILES string of the molecule is CC(=O)n1c(=S)[nH]c2cc(C)ccc21. The number of H-pyrrole nitrogens is 1. The molecule has 4 heteroatoms. The number of imidazole rings is 1. The molecule has 2 aromatic rings. The van der Waals surface area contributed by atoms with Crippen molar-refractivity contribution in [1.82, 2.24) is 9.55 Å². The van der Waals surface area contributed by atoms with E-state index in [1.165, 1.54) is 11.5 Å². The van der Waals surface area contributed by atoms with E-state index in [1.54, 1.807) is 0 Å². The first-order chi connectivity index (χ1) is 6.59. The average Bonchev–Trinajstić information content (AvgIpc) is 2.39. The van der Waals surface area contributed by atoms with Gasteiger partial charge in [-0.05, 0) is 36.8 Å². The highest BCUT2D eigenvalue weighted by Crippen LogP contribution is 2.15. The molecule has 0 amide bonds. The number of carbonyl (C=O) groups excluding carboxylic acids is 1. The Morgan fingerprint density at radius 2 is 2.21 bits per heavy atom. The smallest absolute Gasteiger partial charge is 0.230 e. The van der Waals surface area contributed by atoms with Gasteiger partial charge >= 0.3 is 0 Å². The van der Waals surface area contributed by atoms with Crippen LogP contribution in [0.2, 0.25) is 0 Å². The fraction of sp³-hybridized carbons (Fsp3) is 0.200. The molecule has 1 aromatic carbocycles. The van der Waals surface area contributed by atoms with E-state index in [0.717, 1.165) is 16.6 Å². The van der Waals surface area contributed by atoms with E-state index in [0.29, 0.717) is 4.77 Å². The molecular formula is C10H10N2OS. The van der Waals surface area contributed by atoms with E-state index in [2.05, 4.69) is 4.98 Å². The van der Waals surface area contributed by atoms with Gasteiger partial charge in [-0.25, -0.2) is 0 Å². The largest absolute Gasteiger partial charge is 0.330 e. The topological polar surface area (TPSA) is 37.8 Å². The molecule has 3 nitrogen and oxygen atoms in total. The molecule has 0 aliphatic carbocycles. The average molecular weight is 206 g/mol. The molecule has 14 heavy (non-hydrogen) atoms. The summed E-state index contributed by atoms with van der Waals surface area (Å²) in [5.74, 6) is -0.0647. The lowest BCUT2D eigenvalue weighted by Gasteiger charge is -1.97. The lowest BCUT2D eigenvalue weighted by molar-refractivity contribution is 0.0939. The maximum absolute atomic E-state index is 11.3. The summed E-state index contributed by atoms with van der Waals surface area (Å²) in [4.78, 5) is 14.3. The summed E-state index contributed by atoms with van der Waals surface area (Å²) in [6.07, 6.45) is 0. The molecule has 0 fully saturated rings. The predicted octanol–water partition coefficient (Wildman–Crippen LogP) is 2.67. The number of aryl methyl sites for hydroxylation is 1. The lowest BCUT2D eigenvalue weighted by Crippen LogP contribution is -2.04. The van der Waals surface area contributed by atoms with Crippen LogP contribution in [0.3, 0.4) is 0 Å². The number of hydrogen-bond donors (Lipinski definition) is 1.